The second-order valence-corrected chi connectivity index (χ2v) is 6.89. The maximum absolute atomic E-state index is 12.4. The smallest absolute Gasteiger partial charge is 0.230 e. The lowest BCUT2D eigenvalue weighted by Gasteiger charge is -2.11. The Morgan fingerprint density at radius 2 is 1.89 bits per heavy atom. The topological polar surface area (TPSA) is 69.8 Å². The van der Waals surface area contributed by atoms with E-state index < -0.39 is 0 Å². The fourth-order valence-corrected chi connectivity index (χ4v) is 3.22. The van der Waals surface area contributed by atoms with Crippen LogP contribution in [0.3, 0.4) is 0 Å². The van der Waals surface area contributed by atoms with Crippen LogP contribution in [0.1, 0.15) is 16.7 Å². The standard InChI is InChI=1S/C23H22N4O/c1-15-6-5-9-20(16(15)2)26-18-10-11-22(25-14-18)27-23(28)12-17-13-24-21-8-4-3-7-19(17)21/h3-11,13-14,24,26H,12H2,1-2H3,(H,25,27,28). The number of para-hydroxylation sites is 1. The number of H-pyrrole nitrogens is 1. The second kappa shape index (κ2) is 7.56. The molecule has 4 aromatic rings. The van der Waals surface area contributed by atoms with Crippen LogP contribution in [0.2, 0.25) is 0 Å². The van der Waals surface area contributed by atoms with Crippen molar-refractivity contribution in [1.29, 1.82) is 0 Å². The number of rotatable bonds is 5. The number of amides is 1. The third-order valence-corrected chi connectivity index (χ3v) is 4.94. The number of pyridine rings is 1. The highest BCUT2D eigenvalue weighted by Crippen LogP contribution is 2.23. The van der Waals surface area contributed by atoms with Gasteiger partial charge in [0.05, 0.1) is 18.3 Å². The lowest BCUT2D eigenvalue weighted by molar-refractivity contribution is -0.115. The third-order valence-electron chi connectivity index (χ3n) is 4.94. The van der Waals surface area contributed by atoms with Gasteiger partial charge in [-0.05, 0) is 54.8 Å². The number of carbonyl (C=O) groups is 1. The monoisotopic (exact) mass is 370 g/mol. The average Bonchev–Trinajstić information content (AvgIpc) is 3.10. The van der Waals surface area contributed by atoms with E-state index >= 15 is 0 Å². The highest BCUT2D eigenvalue weighted by Gasteiger charge is 2.09. The molecule has 3 N–H and O–H groups in total. The number of hydrogen-bond acceptors (Lipinski definition) is 3. The zero-order chi connectivity index (χ0) is 19.5. The molecule has 1 amide bonds. The molecule has 0 spiro atoms. The molecule has 2 aromatic carbocycles. The van der Waals surface area contributed by atoms with Crippen molar-refractivity contribution in [3.05, 3.63) is 83.7 Å². The maximum Gasteiger partial charge on any atom is 0.230 e. The fourth-order valence-electron chi connectivity index (χ4n) is 3.22. The van der Waals surface area contributed by atoms with Crippen LogP contribution in [-0.2, 0) is 11.2 Å². The van der Waals surface area contributed by atoms with Crippen LogP contribution in [0.4, 0.5) is 17.2 Å². The highest BCUT2D eigenvalue weighted by atomic mass is 16.1. The molecule has 0 bridgehead atoms. The number of nitrogens with zero attached hydrogens (tertiary/aromatic N) is 1. The molecule has 0 aliphatic heterocycles. The van der Waals surface area contributed by atoms with Crippen molar-refractivity contribution in [1.82, 2.24) is 9.97 Å². The Kier molecular flexibility index (Phi) is 4.81. The van der Waals surface area contributed by atoms with E-state index in [1.54, 1.807) is 12.3 Å². The van der Waals surface area contributed by atoms with Gasteiger partial charge in [0.2, 0.25) is 5.91 Å². The van der Waals surface area contributed by atoms with Crippen LogP contribution in [-0.4, -0.2) is 15.9 Å². The summed E-state index contributed by atoms with van der Waals surface area (Å²) in [5.74, 6) is 0.448. The molecule has 0 aliphatic carbocycles. The number of aromatic amines is 1. The molecular weight excluding hydrogens is 348 g/mol. The van der Waals surface area contributed by atoms with E-state index in [2.05, 4.69) is 40.5 Å². The summed E-state index contributed by atoms with van der Waals surface area (Å²) in [5, 5.41) is 7.30. The number of anilines is 3. The van der Waals surface area contributed by atoms with Gasteiger partial charge in [0, 0.05) is 22.8 Å². The van der Waals surface area contributed by atoms with Crippen molar-refractivity contribution in [2.75, 3.05) is 10.6 Å². The Hall–Kier alpha value is -3.60. The van der Waals surface area contributed by atoms with Gasteiger partial charge in [-0.15, -0.1) is 0 Å². The molecule has 0 fully saturated rings. The van der Waals surface area contributed by atoms with E-state index in [0.717, 1.165) is 27.8 Å². The molecule has 0 radical (unpaired) electrons. The van der Waals surface area contributed by atoms with Crippen LogP contribution in [0.5, 0.6) is 0 Å². The average molecular weight is 370 g/mol. The Balaban J connectivity index is 1.41. The number of nitrogens with one attached hydrogen (secondary N) is 3. The summed E-state index contributed by atoms with van der Waals surface area (Å²) in [6, 6.07) is 17.8. The van der Waals surface area contributed by atoms with Gasteiger partial charge in [-0.2, -0.15) is 0 Å². The van der Waals surface area contributed by atoms with Crippen LogP contribution >= 0.6 is 0 Å². The van der Waals surface area contributed by atoms with Crippen molar-refractivity contribution >= 4 is 34.0 Å². The molecule has 2 aromatic heterocycles. The molecule has 4 rings (SSSR count). The van der Waals surface area contributed by atoms with Crippen LogP contribution in [0.25, 0.3) is 10.9 Å². The molecule has 140 valence electrons. The van der Waals surface area contributed by atoms with Crippen LogP contribution in [0.15, 0.2) is 67.0 Å². The zero-order valence-corrected chi connectivity index (χ0v) is 15.9. The minimum absolute atomic E-state index is 0.0903. The minimum Gasteiger partial charge on any atom is -0.361 e. The quantitative estimate of drug-likeness (QED) is 0.457. The van der Waals surface area contributed by atoms with Gasteiger partial charge < -0.3 is 15.6 Å². The molecule has 5 nitrogen and oxygen atoms in total. The second-order valence-electron chi connectivity index (χ2n) is 6.89. The summed E-state index contributed by atoms with van der Waals surface area (Å²) in [6.45, 7) is 4.18. The molecule has 0 saturated carbocycles. The number of benzene rings is 2. The number of hydrogen-bond donors (Lipinski definition) is 3. The molecule has 28 heavy (non-hydrogen) atoms. The van der Waals surface area contributed by atoms with Gasteiger partial charge in [-0.25, -0.2) is 4.98 Å². The Bertz CT molecular complexity index is 1130. The molecule has 2 heterocycles. The number of carbonyl (C=O) groups excluding carboxylic acids is 1. The van der Waals surface area contributed by atoms with E-state index in [-0.39, 0.29) is 5.91 Å². The van der Waals surface area contributed by atoms with E-state index in [9.17, 15) is 4.79 Å². The van der Waals surface area contributed by atoms with Crippen molar-refractivity contribution in [3.63, 3.8) is 0 Å². The first-order valence-electron chi connectivity index (χ1n) is 9.24. The first kappa shape index (κ1) is 17.8. The molecule has 0 saturated heterocycles. The minimum atomic E-state index is -0.0903. The van der Waals surface area contributed by atoms with Crippen LogP contribution in [0, 0.1) is 13.8 Å². The predicted molar refractivity (Wildman–Crippen MR) is 114 cm³/mol. The Labute approximate surface area is 163 Å². The first-order valence-corrected chi connectivity index (χ1v) is 9.24. The Morgan fingerprint density at radius 1 is 1.04 bits per heavy atom. The van der Waals surface area contributed by atoms with E-state index in [1.807, 2.05) is 48.7 Å². The van der Waals surface area contributed by atoms with Gasteiger partial charge in [0.15, 0.2) is 0 Å². The maximum atomic E-state index is 12.4. The Morgan fingerprint density at radius 3 is 2.71 bits per heavy atom. The van der Waals surface area contributed by atoms with Crippen molar-refractivity contribution in [3.8, 4) is 0 Å². The number of aryl methyl sites for hydroxylation is 1. The summed E-state index contributed by atoms with van der Waals surface area (Å²) in [4.78, 5) is 19.9. The summed E-state index contributed by atoms with van der Waals surface area (Å²) < 4.78 is 0. The zero-order valence-electron chi connectivity index (χ0n) is 15.9. The molecule has 0 unspecified atom stereocenters. The SMILES string of the molecule is Cc1cccc(Nc2ccc(NC(=O)Cc3c[nH]c4ccccc34)nc2)c1C. The van der Waals surface area contributed by atoms with Gasteiger partial charge >= 0.3 is 0 Å². The van der Waals surface area contributed by atoms with Crippen LogP contribution < -0.4 is 10.6 Å². The normalized spacial score (nSPS) is 10.8. The lowest BCUT2D eigenvalue weighted by atomic mass is 10.1. The fraction of sp³-hybridized carbons (Fsp3) is 0.130. The molecular formula is C23H22N4O. The van der Waals surface area contributed by atoms with Crippen molar-refractivity contribution < 1.29 is 4.79 Å². The summed E-state index contributed by atoms with van der Waals surface area (Å²) in [5.41, 5.74) is 6.38. The van der Waals surface area contributed by atoms with E-state index in [1.165, 1.54) is 11.1 Å². The largest absolute Gasteiger partial charge is 0.361 e. The summed E-state index contributed by atoms with van der Waals surface area (Å²) >= 11 is 0. The van der Waals surface area contributed by atoms with Gasteiger partial charge in [-0.3, -0.25) is 4.79 Å². The summed E-state index contributed by atoms with van der Waals surface area (Å²) in [7, 11) is 0. The first-order chi connectivity index (χ1) is 13.6. The predicted octanol–water partition coefficient (Wildman–Crippen LogP) is 5.10. The van der Waals surface area contributed by atoms with E-state index in [4.69, 9.17) is 0 Å². The number of aromatic nitrogens is 2. The molecule has 5 heteroatoms. The third kappa shape index (κ3) is 3.74. The van der Waals surface area contributed by atoms with E-state index in [0.29, 0.717) is 12.2 Å². The molecule has 0 aliphatic rings. The number of fused-ring (bicyclic) bond motifs is 1. The van der Waals surface area contributed by atoms with Crippen molar-refractivity contribution in [2.24, 2.45) is 0 Å². The van der Waals surface area contributed by atoms with Crippen molar-refractivity contribution in [2.45, 2.75) is 20.3 Å². The van der Waals surface area contributed by atoms with Gasteiger partial charge in [0.1, 0.15) is 5.82 Å². The van der Waals surface area contributed by atoms with Gasteiger partial charge in [-0.1, -0.05) is 30.3 Å². The lowest BCUT2D eigenvalue weighted by Crippen LogP contribution is -2.15. The molecule has 0 atom stereocenters. The summed E-state index contributed by atoms with van der Waals surface area (Å²) in [6.07, 6.45) is 3.91. The highest BCUT2D eigenvalue weighted by molar-refractivity contribution is 5.95. The van der Waals surface area contributed by atoms with Gasteiger partial charge in [0.25, 0.3) is 0 Å².